The Morgan fingerprint density at radius 1 is 1.44 bits per heavy atom. The topological polar surface area (TPSA) is 40.2 Å². The van der Waals surface area contributed by atoms with Crippen LogP contribution >= 0.6 is 0 Å². The zero-order chi connectivity index (χ0) is 12.6. The van der Waals surface area contributed by atoms with Gasteiger partial charge in [0.2, 0.25) is 0 Å². The number of hydrogen-bond donors (Lipinski definition) is 2. The standard InChI is InChI=1S/C14H24N4/c1-13(12-18-7-5-15-6-8-18)9-17-11-14-3-2-4-16-10-14/h2-4,10,13,15,17H,5-9,11-12H2,1H3. The van der Waals surface area contributed by atoms with Gasteiger partial charge in [0.1, 0.15) is 0 Å². The van der Waals surface area contributed by atoms with E-state index in [0.29, 0.717) is 5.92 Å². The van der Waals surface area contributed by atoms with Crippen LogP contribution in [0.3, 0.4) is 0 Å². The van der Waals surface area contributed by atoms with Gasteiger partial charge in [-0.3, -0.25) is 4.98 Å². The molecule has 0 saturated carbocycles. The molecule has 0 bridgehead atoms. The predicted octanol–water partition coefficient (Wildman–Crippen LogP) is 0.713. The molecule has 1 fully saturated rings. The molecule has 1 aromatic rings. The minimum absolute atomic E-state index is 0.694. The number of hydrogen-bond acceptors (Lipinski definition) is 4. The zero-order valence-corrected chi connectivity index (χ0v) is 11.2. The summed E-state index contributed by atoms with van der Waals surface area (Å²) in [6.07, 6.45) is 3.74. The minimum atomic E-state index is 0.694. The fourth-order valence-corrected chi connectivity index (χ4v) is 2.36. The highest BCUT2D eigenvalue weighted by atomic mass is 15.2. The average Bonchev–Trinajstić information content (AvgIpc) is 2.41. The van der Waals surface area contributed by atoms with Gasteiger partial charge in [-0.1, -0.05) is 13.0 Å². The maximum Gasteiger partial charge on any atom is 0.0312 e. The molecular formula is C14H24N4. The third kappa shape index (κ3) is 4.72. The van der Waals surface area contributed by atoms with E-state index in [4.69, 9.17) is 0 Å². The number of aromatic nitrogens is 1. The molecule has 18 heavy (non-hydrogen) atoms. The number of nitrogens with zero attached hydrogens (tertiary/aromatic N) is 2. The molecule has 1 aromatic heterocycles. The Morgan fingerprint density at radius 3 is 3.00 bits per heavy atom. The van der Waals surface area contributed by atoms with Crippen molar-refractivity contribution in [2.75, 3.05) is 39.3 Å². The van der Waals surface area contributed by atoms with E-state index in [1.54, 1.807) is 0 Å². The Bertz CT molecular complexity index is 322. The van der Waals surface area contributed by atoms with E-state index in [1.807, 2.05) is 18.5 Å². The van der Waals surface area contributed by atoms with Gasteiger partial charge >= 0.3 is 0 Å². The van der Waals surface area contributed by atoms with E-state index in [9.17, 15) is 0 Å². The van der Waals surface area contributed by atoms with Crippen molar-refractivity contribution >= 4 is 0 Å². The molecule has 0 aromatic carbocycles. The van der Waals surface area contributed by atoms with Crippen LogP contribution in [-0.4, -0.2) is 49.2 Å². The Kier molecular flexibility index (Phi) is 5.58. The van der Waals surface area contributed by atoms with Gasteiger partial charge in [0.15, 0.2) is 0 Å². The van der Waals surface area contributed by atoms with Gasteiger partial charge in [-0.05, 0) is 24.1 Å². The van der Waals surface area contributed by atoms with Gasteiger partial charge in [0, 0.05) is 51.7 Å². The maximum atomic E-state index is 4.12. The van der Waals surface area contributed by atoms with Crippen LogP contribution in [0.25, 0.3) is 0 Å². The summed E-state index contributed by atoms with van der Waals surface area (Å²) in [5, 5.41) is 6.90. The fraction of sp³-hybridized carbons (Fsp3) is 0.643. The fourth-order valence-electron chi connectivity index (χ4n) is 2.36. The monoisotopic (exact) mass is 248 g/mol. The van der Waals surface area contributed by atoms with Crippen LogP contribution in [0.2, 0.25) is 0 Å². The molecule has 1 saturated heterocycles. The first kappa shape index (κ1) is 13.5. The van der Waals surface area contributed by atoms with Crippen LogP contribution in [-0.2, 0) is 6.54 Å². The van der Waals surface area contributed by atoms with Crippen LogP contribution in [0.1, 0.15) is 12.5 Å². The Hall–Kier alpha value is -0.970. The lowest BCUT2D eigenvalue weighted by Gasteiger charge is -2.29. The summed E-state index contributed by atoms with van der Waals surface area (Å²) in [5.41, 5.74) is 1.26. The molecule has 0 amide bonds. The van der Waals surface area contributed by atoms with E-state index < -0.39 is 0 Å². The van der Waals surface area contributed by atoms with Crippen LogP contribution in [0.4, 0.5) is 0 Å². The molecule has 2 heterocycles. The number of rotatable bonds is 6. The number of pyridine rings is 1. The van der Waals surface area contributed by atoms with Crippen LogP contribution in [0, 0.1) is 5.92 Å². The summed E-state index contributed by atoms with van der Waals surface area (Å²) < 4.78 is 0. The highest BCUT2D eigenvalue weighted by Crippen LogP contribution is 2.01. The first-order chi connectivity index (χ1) is 8.84. The highest BCUT2D eigenvalue weighted by Gasteiger charge is 2.12. The Balaban J connectivity index is 1.61. The lowest BCUT2D eigenvalue weighted by molar-refractivity contribution is 0.209. The summed E-state index contributed by atoms with van der Waals surface area (Å²) in [5.74, 6) is 0.694. The summed E-state index contributed by atoms with van der Waals surface area (Å²) in [7, 11) is 0. The third-order valence-corrected chi connectivity index (χ3v) is 3.32. The molecule has 2 N–H and O–H groups in total. The Labute approximate surface area is 110 Å². The molecule has 1 aliphatic rings. The van der Waals surface area contributed by atoms with Crippen LogP contribution < -0.4 is 10.6 Å². The second kappa shape index (κ2) is 7.46. The molecule has 0 spiro atoms. The quantitative estimate of drug-likeness (QED) is 0.778. The first-order valence-electron chi connectivity index (χ1n) is 6.87. The molecule has 1 unspecified atom stereocenters. The lowest BCUT2D eigenvalue weighted by Crippen LogP contribution is -2.45. The van der Waals surface area contributed by atoms with Crippen molar-refractivity contribution < 1.29 is 0 Å². The van der Waals surface area contributed by atoms with Gasteiger partial charge in [0.25, 0.3) is 0 Å². The summed E-state index contributed by atoms with van der Waals surface area (Å²) >= 11 is 0. The van der Waals surface area contributed by atoms with E-state index in [-0.39, 0.29) is 0 Å². The van der Waals surface area contributed by atoms with E-state index >= 15 is 0 Å². The molecule has 4 nitrogen and oxygen atoms in total. The number of piperazine rings is 1. The highest BCUT2D eigenvalue weighted by molar-refractivity contribution is 5.07. The van der Waals surface area contributed by atoms with Gasteiger partial charge in [-0.15, -0.1) is 0 Å². The second-order valence-corrected chi connectivity index (χ2v) is 5.15. The van der Waals surface area contributed by atoms with Crippen molar-refractivity contribution in [2.45, 2.75) is 13.5 Å². The van der Waals surface area contributed by atoms with Crippen molar-refractivity contribution in [1.29, 1.82) is 0 Å². The molecule has 0 radical (unpaired) electrons. The van der Waals surface area contributed by atoms with Crippen molar-refractivity contribution in [2.24, 2.45) is 5.92 Å². The van der Waals surface area contributed by atoms with Crippen molar-refractivity contribution in [1.82, 2.24) is 20.5 Å². The average molecular weight is 248 g/mol. The second-order valence-electron chi connectivity index (χ2n) is 5.15. The van der Waals surface area contributed by atoms with Gasteiger partial charge in [0.05, 0.1) is 0 Å². The zero-order valence-electron chi connectivity index (χ0n) is 11.2. The van der Waals surface area contributed by atoms with Crippen molar-refractivity contribution in [3.63, 3.8) is 0 Å². The van der Waals surface area contributed by atoms with Crippen molar-refractivity contribution in [3.8, 4) is 0 Å². The predicted molar refractivity (Wildman–Crippen MR) is 74.4 cm³/mol. The van der Waals surface area contributed by atoms with E-state index in [0.717, 1.165) is 26.2 Å². The molecule has 1 atom stereocenters. The molecule has 0 aliphatic carbocycles. The van der Waals surface area contributed by atoms with Gasteiger partial charge < -0.3 is 15.5 Å². The summed E-state index contributed by atoms with van der Waals surface area (Å²) in [6.45, 7) is 10.1. The van der Waals surface area contributed by atoms with Gasteiger partial charge in [-0.25, -0.2) is 0 Å². The van der Waals surface area contributed by atoms with E-state index in [1.165, 1.54) is 25.2 Å². The van der Waals surface area contributed by atoms with Crippen LogP contribution in [0.15, 0.2) is 24.5 Å². The van der Waals surface area contributed by atoms with Gasteiger partial charge in [-0.2, -0.15) is 0 Å². The van der Waals surface area contributed by atoms with E-state index in [2.05, 4.69) is 33.5 Å². The maximum absolute atomic E-state index is 4.12. The SMILES string of the molecule is CC(CNCc1cccnc1)CN1CCNCC1. The third-order valence-electron chi connectivity index (χ3n) is 3.32. The summed E-state index contributed by atoms with van der Waals surface area (Å²) in [6, 6.07) is 4.10. The summed E-state index contributed by atoms with van der Waals surface area (Å²) in [4.78, 5) is 6.67. The normalized spacial score (nSPS) is 18.7. The largest absolute Gasteiger partial charge is 0.314 e. The lowest BCUT2D eigenvalue weighted by atomic mass is 10.1. The molecule has 2 rings (SSSR count). The van der Waals surface area contributed by atoms with Crippen LogP contribution in [0.5, 0.6) is 0 Å². The first-order valence-corrected chi connectivity index (χ1v) is 6.87. The molecule has 4 heteroatoms. The Morgan fingerprint density at radius 2 is 2.28 bits per heavy atom. The van der Waals surface area contributed by atoms with Crippen molar-refractivity contribution in [3.05, 3.63) is 30.1 Å². The minimum Gasteiger partial charge on any atom is -0.314 e. The molecular weight excluding hydrogens is 224 g/mol. The molecule has 100 valence electrons. The smallest absolute Gasteiger partial charge is 0.0312 e. The molecule has 1 aliphatic heterocycles. The number of nitrogens with one attached hydrogen (secondary N) is 2.